The number of fused-ring (bicyclic) bond motifs is 1. The second kappa shape index (κ2) is 12.2. The molecule has 1 fully saturated rings. The fourth-order valence-electron chi connectivity index (χ4n) is 3.65. The number of pyridine rings is 1. The van der Waals surface area contributed by atoms with Gasteiger partial charge in [-0.05, 0) is 38.0 Å². The number of carbonyl (C=O) groups excluding carboxylic acids is 3. The molecule has 1 saturated heterocycles. The largest absolute Gasteiger partial charge is 0.479 e. The number of hydrogen-bond donors (Lipinski definition) is 2. The number of aromatic nitrogens is 1. The van der Waals surface area contributed by atoms with Crippen LogP contribution in [0.15, 0.2) is 24.3 Å². The van der Waals surface area contributed by atoms with Gasteiger partial charge >= 0.3 is 12.1 Å². The lowest BCUT2D eigenvalue weighted by molar-refractivity contribution is -0.144. The average molecular weight is 501 g/mol. The second-order valence-electron chi connectivity index (χ2n) is 8.64. The van der Waals surface area contributed by atoms with Crippen LogP contribution >= 0.6 is 0 Å². The number of ether oxygens (including phenoxy) is 2. The highest BCUT2D eigenvalue weighted by molar-refractivity contribution is 5.98. The van der Waals surface area contributed by atoms with Crippen molar-refractivity contribution >= 4 is 34.8 Å². The van der Waals surface area contributed by atoms with Gasteiger partial charge in [0.1, 0.15) is 11.4 Å². The highest BCUT2D eigenvalue weighted by Gasteiger charge is 2.25. The Kier molecular flexibility index (Phi) is 9.04. The number of carboxylic acids is 1. The zero-order valence-electron chi connectivity index (χ0n) is 20.8. The van der Waals surface area contributed by atoms with E-state index in [0.29, 0.717) is 43.7 Å². The first-order chi connectivity index (χ1) is 17.2. The Hall–Kier alpha value is -3.89. The first-order valence-corrected chi connectivity index (χ1v) is 12.0. The summed E-state index contributed by atoms with van der Waals surface area (Å²) in [4.78, 5) is 56.3. The number of nitrogens with zero attached hydrogens (tertiary/aromatic N) is 3. The number of piperazine rings is 1. The van der Waals surface area contributed by atoms with Crippen LogP contribution in [0.25, 0.3) is 10.9 Å². The second-order valence-corrected chi connectivity index (χ2v) is 8.64. The monoisotopic (exact) mass is 500 g/mol. The van der Waals surface area contributed by atoms with E-state index in [2.05, 4.69) is 10.3 Å². The molecule has 3 rings (SSSR count). The summed E-state index contributed by atoms with van der Waals surface area (Å²) < 4.78 is 10.8. The normalized spacial score (nSPS) is 14.3. The van der Waals surface area contributed by atoms with Crippen LogP contribution in [0.2, 0.25) is 0 Å². The summed E-state index contributed by atoms with van der Waals surface area (Å²) in [6.07, 6.45) is 0.237. The molecule has 1 aliphatic rings. The predicted octanol–water partition coefficient (Wildman–Crippen LogP) is 2.21. The van der Waals surface area contributed by atoms with Gasteiger partial charge in [-0.15, -0.1) is 0 Å². The van der Waals surface area contributed by atoms with Crippen molar-refractivity contribution in [3.8, 4) is 5.75 Å². The number of rotatable bonds is 9. The van der Waals surface area contributed by atoms with Gasteiger partial charge in [0.25, 0.3) is 5.91 Å². The number of benzene rings is 1. The molecule has 11 heteroatoms. The Morgan fingerprint density at radius 1 is 1.11 bits per heavy atom. The highest BCUT2D eigenvalue weighted by Crippen LogP contribution is 2.27. The standard InChI is InChI=1S/C25H32N4O7/c1-4-5-12-35-25(34)29-10-8-28(9-11-29)22(30)15-26-23(31)20-14-21(36-17(3)24(32)33)18-7-6-16(2)13-19(18)27-20/h6-7,13-14,17H,4-5,8-12,15H2,1-3H3,(H,26,31)(H,32,33). The number of aliphatic carboxylic acids is 1. The molecule has 0 radical (unpaired) electrons. The molecule has 2 aromatic rings. The van der Waals surface area contributed by atoms with E-state index in [9.17, 15) is 24.3 Å². The molecule has 1 aliphatic heterocycles. The smallest absolute Gasteiger partial charge is 0.409 e. The van der Waals surface area contributed by atoms with Crippen LogP contribution in [0.5, 0.6) is 5.75 Å². The van der Waals surface area contributed by atoms with E-state index in [1.807, 2.05) is 19.9 Å². The summed E-state index contributed by atoms with van der Waals surface area (Å²) in [6, 6.07) is 6.74. The van der Waals surface area contributed by atoms with E-state index in [1.165, 1.54) is 13.0 Å². The summed E-state index contributed by atoms with van der Waals surface area (Å²) in [7, 11) is 0. The molecule has 3 amide bonds. The highest BCUT2D eigenvalue weighted by atomic mass is 16.6. The Bertz CT molecular complexity index is 1130. The molecule has 11 nitrogen and oxygen atoms in total. The van der Waals surface area contributed by atoms with Crippen LogP contribution < -0.4 is 10.1 Å². The molecule has 0 saturated carbocycles. The van der Waals surface area contributed by atoms with Gasteiger partial charge in [-0.2, -0.15) is 0 Å². The lowest BCUT2D eigenvalue weighted by Gasteiger charge is -2.34. The molecular weight excluding hydrogens is 468 g/mol. The third kappa shape index (κ3) is 6.83. The number of carboxylic acid groups (broad SMARTS) is 1. The van der Waals surface area contributed by atoms with Crippen LogP contribution in [-0.2, 0) is 14.3 Å². The number of carbonyl (C=O) groups is 4. The Labute approximate surface area is 209 Å². The van der Waals surface area contributed by atoms with Crippen molar-refractivity contribution in [3.63, 3.8) is 0 Å². The zero-order valence-corrected chi connectivity index (χ0v) is 20.8. The number of hydrogen-bond acceptors (Lipinski definition) is 7. The van der Waals surface area contributed by atoms with Crippen molar-refractivity contribution < 1.29 is 33.8 Å². The van der Waals surface area contributed by atoms with Crippen LogP contribution in [0.3, 0.4) is 0 Å². The van der Waals surface area contributed by atoms with E-state index < -0.39 is 18.0 Å². The van der Waals surface area contributed by atoms with Crippen LogP contribution in [0, 0.1) is 6.92 Å². The van der Waals surface area contributed by atoms with Gasteiger partial charge in [-0.25, -0.2) is 14.6 Å². The van der Waals surface area contributed by atoms with Crippen molar-refractivity contribution in [1.82, 2.24) is 20.1 Å². The third-order valence-electron chi connectivity index (χ3n) is 5.83. The van der Waals surface area contributed by atoms with Gasteiger partial charge < -0.3 is 29.7 Å². The number of aryl methyl sites for hydroxylation is 1. The van der Waals surface area contributed by atoms with Gasteiger partial charge in [0.05, 0.1) is 18.7 Å². The lowest BCUT2D eigenvalue weighted by Crippen LogP contribution is -2.52. The van der Waals surface area contributed by atoms with E-state index in [-0.39, 0.29) is 30.0 Å². The van der Waals surface area contributed by atoms with Gasteiger partial charge in [0.2, 0.25) is 5.91 Å². The number of unbranched alkanes of at least 4 members (excludes halogenated alkanes) is 1. The van der Waals surface area contributed by atoms with Gasteiger partial charge in [0, 0.05) is 37.6 Å². The molecule has 1 aromatic carbocycles. The van der Waals surface area contributed by atoms with Crippen molar-refractivity contribution in [3.05, 3.63) is 35.5 Å². The maximum atomic E-state index is 12.8. The zero-order chi connectivity index (χ0) is 26.2. The van der Waals surface area contributed by atoms with Crippen LogP contribution in [0.4, 0.5) is 4.79 Å². The third-order valence-corrected chi connectivity index (χ3v) is 5.83. The Morgan fingerprint density at radius 3 is 2.47 bits per heavy atom. The first kappa shape index (κ1) is 26.7. The first-order valence-electron chi connectivity index (χ1n) is 12.0. The van der Waals surface area contributed by atoms with Gasteiger partial charge in [-0.3, -0.25) is 9.59 Å². The molecule has 194 valence electrons. The van der Waals surface area contributed by atoms with Gasteiger partial charge in [-0.1, -0.05) is 19.4 Å². The molecule has 36 heavy (non-hydrogen) atoms. The minimum atomic E-state index is -1.14. The molecule has 2 heterocycles. The summed E-state index contributed by atoms with van der Waals surface area (Å²) in [5.74, 6) is -1.79. The van der Waals surface area contributed by atoms with E-state index in [1.54, 1.807) is 21.9 Å². The number of nitrogens with one attached hydrogen (secondary N) is 1. The fourth-order valence-corrected chi connectivity index (χ4v) is 3.65. The van der Waals surface area contributed by atoms with Crippen molar-refractivity contribution in [2.24, 2.45) is 0 Å². The topological polar surface area (TPSA) is 138 Å². The van der Waals surface area contributed by atoms with E-state index in [0.717, 1.165) is 18.4 Å². The number of amides is 3. The van der Waals surface area contributed by atoms with Crippen LogP contribution in [0.1, 0.15) is 42.7 Å². The van der Waals surface area contributed by atoms with Crippen molar-refractivity contribution in [2.75, 3.05) is 39.3 Å². The molecule has 0 aliphatic carbocycles. The molecule has 1 unspecified atom stereocenters. The van der Waals surface area contributed by atoms with Crippen LogP contribution in [-0.4, -0.2) is 89.2 Å². The minimum Gasteiger partial charge on any atom is -0.479 e. The lowest BCUT2D eigenvalue weighted by atomic mass is 10.1. The Morgan fingerprint density at radius 2 is 1.81 bits per heavy atom. The summed E-state index contributed by atoms with van der Waals surface area (Å²) >= 11 is 0. The average Bonchev–Trinajstić information content (AvgIpc) is 2.86. The fraction of sp³-hybridized carbons (Fsp3) is 0.480. The molecule has 1 atom stereocenters. The van der Waals surface area contributed by atoms with E-state index >= 15 is 0 Å². The minimum absolute atomic E-state index is 0.00753. The summed E-state index contributed by atoms with van der Waals surface area (Å²) in [6.45, 7) is 6.83. The maximum Gasteiger partial charge on any atom is 0.409 e. The summed E-state index contributed by atoms with van der Waals surface area (Å²) in [5, 5.41) is 12.4. The SMILES string of the molecule is CCCCOC(=O)N1CCN(C(=O)CNC(=O)c2cc(OC(C)C(=O)O)c3ccc(C)cc3n2)CC1. The maximum absolute atomic E-state index is 12.8. The molecule has 1 aromatic heterocycles. The summed E-state index contributed by atoms with van der Waals surface area (Å²) in [5.41, 5.74) is 1.39. The van der Waals surface area contributed by atoms with Crippen molar-refractivity contribution in [2.45, 2.75) is 39.7 Å². The van der Waals surface area contributed by atoms with Crippen molar-refractivity contribution in [1.29, 1.82) is 0 Å². The van der Waals surface area contributed by atoms with E-state index in [4.69, 9.17) is 9.47 Å². The molecular formula is C25H32N4O7. The molecule has 2 N–H and O–H groups in total. The Balaban J connectivity index is 1.61. The quantitative estimate of drug-likeness (QED) is 0.500. The predicted molar refractivity (Wildman–Crippen MR) is 131 cm³/mol. The van der Waals surface area contributed by atoms with Gasteiger partial charge in [0.15, 0.2) is 6.10 Å². The molecule has 0 spiro atoms. The molecule has 0 bridgehead atoms.